The number of methoxy groups -OCH3 is 1. The van der Waals surface area contributed by atoms with Crippen LogP contribution in [-0.4, -0.2) is 13.7 Å². The van der Waals surface area contributed by atoms with Crippen LogP contribution in [0.25, 0.3) is 0 Å². The first-order chi connectivity index (χ1) is 14.6. The number of benzene rings is 3. The van der Waals surface area contributed by atoms with Gasteiger partial charge in [-0.1, -0.05) is 30.3 Å². The third-order valence-electron chi connectivity index (χ3n) is 4.50. The predicted molar refractivity (Wildman–Crippen MR) is 127 cm³/mol. The lowest BCUT2D eigenvalue weighted by molar-refractivity contribution is 0.267. The summed E-state index contributed by atoms with van der Waals surface area (Å²) < 4.78 is 31.1. The molecule has 0 aliphatic heterocycles. The molecule has 3 aromatic carbocycles. The molecule has 0 bridgehead atoms. The smallest absolute Gasteiger partial charge is 0.175 e. The van der Waals surface area contributed by atoms with Crippen molar-refractivity contribution in [3.05, 3.63) is 87.6 Å². The summed E-state index contributed by atoms with van der Waals surface area (Å²) in [5.74, 6) is 1.91. The molecule has 0 fully saturated rings. The van der Waals surface area contributed by atoms with Gasteiger partial charge in [0, 0.05) is 18.7 Å². The Bertz CT molecular complexity index is 970. The minimum absolute atomic E-state index is 0. The zero-order chi connectivity index (χ0) is 21.3. The largest absolute Gasteiger partial charge is 0.496 e. The molecule has 166 valence electrons. The van der Waals surface area contributed by atoms with Gasteiger partial charge in [-0.25, -0.2) is 4.39 Å². The third-order valence-corrected chi connectivity index (χ3v) is 5.09. The van der Waals surface area contributed by atoms with E-state index in [4.69, 9.17) is 14.2 Å². The van der Waals surface area contributed by atoms with Crippen molar-refractivity contribution in [1.82, 2.24) is 5.32 Å². The fourth-order valence-electron chi connectivity index (χ4n) is 3.05. The molecule has 3 rings (SSSR count). The van der Waals surface area contributed by atoms with Crippen molar-refractivity contribution in [2.24, 2.45) is 0 Å². The molecular formula is C24H26BrClFNO3. The highest BCUT2D eigenvalue weighted by Crippen LogP contribution is 2.37. The summed E-state index contributed by atoms with van der Waals surface area (Å²) in [6.07, 6.45) is 0. The zero-order valence-electron chi connectivity index (χ0n) is 17.5. The summed E-state index contributed by atoms with van der Waals surface area (Å²) in [5, 5.41) is 3.44. The Morgan fingerprint density at radius 3 is 2.35 bits per heavy atom. The molecule has 0 unspecified atom stereocenters. The zero-order valence-corrected chi connectivity index (χ0v) is 19.9. The van der Waals surface area contributed by atoms with Gasteiger partial charge in [-0.15, -0.1) is 12.4 Å². The first-order valence-electron chi connectivity index (χ1n) is 9.75. The standard InChI is InChI=1S/C24H25BrFNO3.ClH/c1-3-29-23-13-18(14-27-15-19-6-4-5-7-22(19)28-2)12-21(25)24(23)30-16-17-8-10-20(26)11-9-17;/h4-13,27H,3,14-16H2,1-2H3;1H. The van der Waals surface area contributed by atoms with Crippen LogP contribution in [-0.2, 0) is 19.7 Å². The molecule has 0 saturated carbocycles. The summed E-state index contributed by atoms with van der Waals surface area (Å²) in [4.78, 5) is 0. The molecule has 0 aliphatic rings. The molecule has 0 spiro atoms. The molecule has 0 amide bonds. The molecule has 0 saturated heterocycles. The molecule has 4 nitrogen and oxygen atoms in total. The van der Waals surface area contributed by atoms with Gasteiger partial charge in [0.25, 0.3) is 0 Å². The summed E-state index contributed by atoms with van der Waals surface area (Å²) in [5.41, 5.74) is 3.05. The van der Waals surface area contributed by atoms with Crippen molar-refractivity contribution in [1.29, 1.82) is 0 Å². The third kappa shape index (κ3) is 7.13. The Labute approximate surface area is 197 Å². The average molecular weight is 511 g/mol. The van der Waals surface area contributed by atoms with E-state index >= 15 is 0 Å². The second-order valence-electron chi connectivity index (χ2n) is 6.67. The number of nitrogens with one attached hydrogen (secondary N) is 1. The minimum atomic E-state index is -0.264. The van der Waals surface area contributed by atoms with Gasteiger partial charge in [-0.2, -0.15) is 0 Å². The highest BCUT2D eigenvalue weighted by atomic mass is 79.9. The van der Waals surface area contributed by atoms with Gasteiger partial charge in [-0.3, -0.25) is 0 Å². The summed E-state index contributed by atoms with van der Waals surface area (Å²) >= 11 is 3.60. The lowest BCUT2D eigenvalue weighted by atomic mass is 10.1. The monoisotopic (exact) mass is 509 g/mol. The second kappa shape index (κ2) is 12.5. The normalized spacial score (nSPS) is 10.3. The Hall–Kier alpha value is -2.28. The Kier molecular flexibility index (Phi) is 10.1. The lowest BCUT2D eigenvalue weighted by Gasteiger charge is -2.16. The molecule has 0 radical (unpaired) electrons. The maximum atomic E-state index is 13.1. The Morgan fingerprint density at radius 2 is 1.65 bits per heavy atom. The van der Waals surface area contributed by atoms with Crippen LogP contribution in [0, 0.1) is 5.82 Å². The van der Waals surface area contributed by atoms with Gasteiger partial charge in [0.2, 0.25) is 0 Å². The van der Waals surface area contributed by atoms with Gasteiger partial charge >= 0.3 is 0 Å². The van der Waals surface area contributed by atoms with Crippen LogP contribution >= 0.6 is 28.3 Å². The molecule has 0 atom stereocenters. The van der Waals surface area contributed by atoms with Crippen molar-refractivity contribution < 1.29 is 18.6 Å². The SMILES string of the molecule is CCOc1cc(CNCc2ccccc2OC)cc(Br)c1OCc1ccc(F)cc1.Cl. The quantitative estimate of drug-likeness (QED) is 0.348. The molecule has 0 heterocycles. The van der Waals surface area contributed by atoms with Gasteiger partial charge < -0.3 is 19.5 Å². The maximum absolute atomic E-state index is 13.1. The molecule has 7 heteroatoms. The van der Waals surface area contributed by atoms with Crippen LogP contribution in [0.5, 0.6) is 17.2 Å². The molecule has 1 N–H and O–H groups in total. The second-order valence-corrected chi connectivity index (χ2v) is 7.52. The van der Waals surface area contributed by atoms with Crippen LogP contribution < -0.4 is 19.5 Å². The number of hydrogen-bond acceptors (Lipinski definition) is 4. The van der Waals surface area contributed by atoms with Crippen LogP contribution in [0.2, 0.25) is 0 Å². The first-order valence-corrected chi connectivity index (χ1v) is 10.5. The van der Waals surface area contributed by atoms with E-state index in [0.29, 0.717) is 37.8 Å². The van der Waals surface area contributed by atoms with E-state index in [1.807, 2.05) is 43.3 Å². The van der Waals surface area contributed by atoms with E-state index in [-0.39, 0.29) is 18.2 Å². The van der Waals surface area contributed by atoms with Gasteiger partial charge in [0.05, 0.1) is 18.2 Å². The van der Waals surface area contributed by atoms with Crippen molar-refractivity contribution >= 4 is 28.3 Å². The fourth-order valence-corrected chi connectivity index (χ4v) is 3.66. The first kappa shape index (κ1) is 25.0. The summed E-state index contributed by atoms with van der Waals surface area (Å²) in [7, 11) is 1.68. The Balaban J connectivity index is 0.00000341. The molecule has 0 aromatic heterocycles. The summed E-state index contributed by atoms with van der Waals surface area (Å²) in [6.45, 7) is 4.13. The van der Waals surface area contributed by atoms with Crippen LogP contribution in [0.1, 0.15) is 23.6 Å². The minimum Gasteiger partial charge on any atom is -0.496 e. The van der Waals surface area contributed by atoms with Crippen LogP contribution in [0.3, 0.4) is 0 Å². The molecule has 0 aliphatic carbocycles. The molecule has 3 aromatic rings. The fraction of sp³-hybridized carbons (Fsp3) is 0.250. The van der Waals surface area contributed by atoms with E-state index < -0.39 is 0 Å². The van der Waals surface area contributed by atoms with E-state index in [1.165, 1.54) is 12.1 Å². The van der Waals surface area contributed by atoms with Crippen molar-refractivity contribution in [3.63, 3.8) is 0 Å². The van der Waals surface area contributed by atoms with E-state index in [9.17, 15) is 4.39 Å². The van der Waals surface area contributed by atoms with Crippen LogP contribution in [0.15, 0.2) is 65.1 Å². The van der Waals surface area contributed by atoms with Gasteiger partial charge in [0.15, 0.2) is 11.5 Å². The predicted octanol–water partition coefficient (Wildman–Crippen LogP) is 6.29. The van der Waals surface area contributed by atoms with Gasteiger partial charge in [-0.05, 0) is 64.3 Å². The highest BCUT2D eigenvalue weighted by Gasteiger charge is 2.13. The van der Waals surface area contributed by atoms with Crippen molar-refractivity contribution in [2.45, 2.75) is 26.6 Å². The number of para-hydroxylation sites is 1. The van der Waals surface area contributed by atoms with Crippen molar-refractivity contribution in [3.8, 4) is 17.2 Å². The lowest BCUT2D eigenvalue weighted by Crippen LogP contribution is -2.13. The number of rotatable bonds is 10. The average Bonchev–Trinajstić information content (AvgIpc) is 2.75. The van der Waals surface area contributed by atoms with E-state index in [2.05, 4.69) is 21.2 Å². The number of halogens is 3. The number of ether oxygens (including phenoxy) is 3. The van der Waals surface area contributed by atoms with E-state index in [1.54, 1.807) is 19.2 Å². The molecular weight excluding hydrogens is 485 g/mol. The number of hydrogen-bond donors (Lipinski definition) is 1. The maximum Gasteiger partial charge on any atom is 0.175 e. The van der Waals surface area contributed by atoms with E-state index in [0.717, 1.165) is 26.9 Å². The molecule has 31 heavy (non-hydrogen) atoms. The van der Waals surface area contributed by atoms with Gasteiger partial charge in [0.1, 0.15) is 18.2 Å². The van der Waals surface area contributed by atoms with Crippen LogP contribution in [0.4, 0.5) is 4.39 Å². The highest BCUT2D eigenvalue weighted by molar-refractivity contribution is 9.10. The Morgan fingerprint density at radius 1 is 0.903 bits per heavy atom. The summed E-state index contributed by atoms with van der Waals surface area (Å²) in [6, 6.07) is 18.2. The van der Waals surface area contributed by atoms with Crippen molar-refractivity contribution in [2.75, 3.05) is 13.7 Å². The topological polar surface area (TPSA) is 39.7 Å².